The Labute approximate surface area is 142 Å². The number of hydrogen-bond acceptors (Lipinski definition) is 3. The molecular formula is C20H19N3O. The summed E-state index contributed by atoms with van der Waals surface area (Å²) in [5, 5.41) is 8.97. The largest absolute Gasteiger partial charge is 0.493 e. The minimum atomic E-state index is 0.152. The summed E-state index contributed by atoms with van der Waals surface area (Å²) in [6.07, 6.45) is 8.83. The van der Waals surface area contributed by atoms with E-state index in [1.807, 2.05) is 18.2 Å². The third-order valence-electron chi connectivity index (χ3n) is 4.28. The van der Waals surface area contributed by atoms with E-state index in [9.17, 15) is 0 Å². The van der Waals surface area contributed by atoms with E-state index in [0.717, 1.165) is 24.2 Å². The van der Waals surface area contributed by atoms with Crippen molar-refractivity contribution in [3.8, 4) is 6.07 Å². The van der Waals surface area contributed by atoms with Crippen LogP contribution in [-0.4, -0.2) is 19.7 Å². The second-order valence-corrected chi connectivity index (χ2v) is 5.86. The maximum absolute atomic E-state index is 8.97. The van der Waals surface area contributed by atoms with Crippen LogP contribution in [0.3, 0.4) is 0 Å². The monoisotopic (exact) mass is 317 g/mol. The van der Waals surface area contributed by atoms with Gasteiger partial charge in [-0.1, -0.05) is 18.2 Å². The van der Waals surface area contributed by atoms with Gasteiger partial charge in [-0.25, -0.2) is 10.1 Å². The highest BCUT2D eigenvalue weighted by molar-refractivity contribution is 5.58. The lowest BCUT2D eigenvalue weighted by Crippen LogP contribution is -2.17. The highest BCUT2D eigenvalue weighted by atomic mass is 16.5. The molecule has 0 aliphatic carbocycles. The molecule has 0 atom stereocenters. The highest BCUT2D eigenvalue weighted by Gasteiger charge is 2.12. The lowest BCUT2D eigenvalue weighted by Gasteiger charge is -2.17. The molecule has 24 heavy (non-hydrogen) atoms. The third kappa shape index (κ3) is 3.67. The first-order chi connectivity index (χ1) is 11.8. The number of hydrogen-bond donors (Lipinski definition) is 0. The van der Waals surface area contributed by atoms with Crippen molar-refractivity contribution in [3.63, 3.8) is 0 Å². The van der Waals surface area contributed by atoms with Crippen molar-refractivity contribution in [2.75, 3.05) is 24.6 Å². The molecule has 2 aliphatic rings. The zero-order chi connectivity index (χ0) is 16.8. The molecule has 0 radical (unpaired) electrons. The van der Waals surface area contributed by atoms with Crippen molar-refractivity contribution in [3.05, 3.63) is 70.4 Å². The van der Waals surface area contributed by atoms with Crippen LogP contribution in [-0.2, 0) is 4.74 Å². The Morgan fingerprint density at radius 2 is 1.96 bits per heavy atom. The molecular weight excluding hydrogens is 298 g/mol. The first-order valence-electron chi connectivity index (χ1n) is 8.18. The van der Waals surface area contributed by atoms with Crippen LogP contribution >= 0.6 is 0 Å². The van der Waals surface area contributed by atoms with Crippen LogP contribution < -0.4 is 4.90 Å². The molecule has 2 aliphatic heterocycles. The number of ether oxygens (including phenoxy) is 1. The summed E-state index contributed by atoms with van der Waals surface area (Å²) >= 11 is 0. The van der Waals surface area contributed by atoms with Crippen molar-refractivity contribution in [1.29, 1.82) is 5.26 Å². The summed E-state index contributed by atoms with van der Waals surface area (Å²) in [6, 6.07) is 10.5. The van der Waals surface area contributed by atoms with E-state index in [1.54, 1.807) is 6.08 Å². The van der Waals surface area contributed by atoms with Gasteiger partial charge in [0.05, 0.1) is 19.2 Å². The highest BCUT2D eigenvalue weighted by Crippen LogP contribution is 2.23. The Kier molecular flexibility index (Phi) is 4.99. The summed E-state index contributed by atoms with van der Waals surface area (Å²) in [6.45, 7) is 9.83. The number of rotatable bonds is 3. The second-order valence-electron chi connectivity index (χ2n) is 5.86. The second kappa shape index (κ2) is 7.53. The van der Waals surface area contributed by atoms with Crippen molar-refractivity contribution in [2.24, 2.45) is 0 Å². The van der Waals surface area contributed by atoms with Crippen LogP contribution in [0.25, 0.3) is 10.9 Å². The van der Waals surface area contributed by atoms with Gasteiger partial charge >= 0.3 is 0 Å². The number of allylic oxidation sites excluding steroid dienone is 3. The molecule has 0 spiro atoms. The molecule has 1 aromatic carbocycles. The van der Waals surface area contributed by atoms with E-state index in [0.29, 0.717) is 18.8 Å². The van der Waals surface area contributed by atoms with Gasteiger partial charge in [-0.2, -0.15) is 0 Å². The van der Waals surface area contributed by atoms with Gasteiger partial charge in [-0.15, -0.1) is 0 Å². The minimum absolute atomic E-state index is 0.152. The van der Waals surface area contributed by atoms with Crippen LogP contribution in [0.15, 0.2) is 53.4 Å². The first-order valence-corrected chi connectivity index (χ1v) is 8.18. The number of nitriles is 1. The molecule has 1 aromatic rings. The quantitative estimate of drug-likeness (QED) is 0.616. The predicted molar refractivity (Wildman–Crippen MR) is 94.8 cm³/mol. The first kappa shape index (κ1) is 15.9. The van der Waals surface area contributed by atoms with Gasteiger partial charge < -0.3 is 9.64 Å². The molecule has 4 heteroatoms. The topological polar surface area (TPSA) is 40.6 Å². The van der Waals surface area contributed by atoms with Crippen molar-refractivity contribution in [1.82, 2.24) is 0 Å². The molecule has 3 rings (SSSR count). The van der Waals surface area contributed by atoms with E-state index in [2.05, 4.69) is 34.0 Å². The van der Waals surface area contributed by atoms with Gasteiger partial charge in [0.25, 0.3) is 5.70 Å². The molecule has 120 valence electrons. The third-order valence-corrected chi connectivity index (χ3v) is 4.28. The Morgan fingerprint density at radius 3 is 2.62 bits per heavy atom. The van der Waals surface area contributed by atoms with E-state index in [4.69, 9.17) is 16.6 Å². The standard InChI is InChI=1S/C20H19N3O/c1-22-20(15-21)17-10-13-24-19(14-17)9-6-16-4-7-18(8-5-16)23-11-2-3-12-23/h4-9,14H,2-3,10-13H2. The van der Waals surface area contributed by atoms with Crippen molar-refractivity contribution >= 4 is 11.8 Å². The maximum atomic E-state index is 8.97. The van der Waals surface area contributed by atoms with Gasteiger partial charge in [-0.3, -0.25) is 0 Å². The fraction of sp³-hybridized carbons (Fsp3) is 0.300. The molecule has 0 bridgehead atoms. The maximum Gasteiger partial charge on any atom is 0.265 e. The van der Waals surface area contributed by atoms with Gasteiger partial charge in [0, 0.05) is 18.8 Å². The molecule has 2 heterocycles. The van der Waals surface area contributed by atoms with E-state index in [-0.39, 0.29) is 5.70 Å². The summed E-state index contributed by atoms with van der Waals surface area (Å²) in [4.78, 5) is 5.68. The van der Waals surface area contributed by atoms with Crippen LogP contribution in [0.4, 0.5) is 5.69 Å². The Bertz CT molecular complexity index is 751. The predicted octanol–water partition coefficient (Wildman–Crippen LogP) is 4.30. The summed E-state index contributed by atoms with van der Waals surface area (Å²) in [7, 11) is 0. The number of nitrogens with zero attached hydrogens (tertiary/aromatic N) is 3. The Hall–Kier alpha value is -2.98. The Balaban J connectivity index is 1.72. The van der Waals surface area contributed by atoms with E-state index < -0.39 is 0 Å². The number of benzene rings is 1. The van der Waals surface area contributed by atoms with Gasteiger partial charge in [0.15, 0.2) is 0 Å². The minimum Gasteiger partial charge on any atom is -0.493 e. The zero-order valence-corrected chi connectivity index (χ0v) is 13.5. The summed E-state index contributed by atoms with van der Waals surface area (Å²) < 4.78 is 5.59. The van der Waals surface area contributed by atoms with Crippen molar-refractivity contribution in [2.45, 2.75) is 19.3 Å². The van der Waals surface area contributed by atoms with Gasteiger partial charge in [0.2, 0.25) is 0 Å². The van der Waals surface area contributed by atoms with Crippen LogP contribution in [0.2, 0.25) is 0 Å². The Morgan fingerprint density at radius 1 is 1.21 bits per heavy atom. The summed E-state index contributed by atoms with van der Waals surface area (Å²) in [5.41, 5.74) is 3.28. The molecule has 0 unspecified atom stereocenters. The SMILES string of the molecule is [C-]#[N+]C(C#N)=C1C=C(C=Cc2ccc(N3CCCC3)cc2)OCC1. The molecule has 1 saturated heterocycles. The number of anilines is 1. The lowest BCUT2D eigenvalue weighted by atomic mass is 10.1. The lowest BCUT2D eigenvalue weighted by molar-refractivity contribution is 0.219. The molecule has 0 N–H and O–H groups in total. The van der Waals surface area contributed by atoms with Gasteiger partial charge in [-0.05, 0) is 54.7 Å². The van der Waals surface area contributed by atoms with Crippen molar-refractivity contribution < 1.29 is 4.74 Å². The van der Waals surface area contributed by atoms with Crippen LogP contribution in [0, 0.1) is 17.9 Å². The van der Waals surface area contributed by atoms with Crippen LogP contribution in [0.5, 0.6) is 0 Å². The zero-order valence-electron chi connectivity index (χ0n) is 13.5. The average Bonchev–Trinajstić information content (AvgIpc) is 3.17. The fourth-order valence-corrected chi connectivity index (χ4v) is 2.97. The molecule has 1 fully saturated rings. The smallest absolute Gasteiger partial charge is 0.265 e. The van der Waals surface area contributed by atoms with E-state index >= 15 is 0 Å². The molecule has 4 nitrogen and oxygen atoms in total. The van der Waals surface area contributed by atoms with Crippen LogP contribution in [0.1, 0.15) is 24.8 Å². The average molecular weight is 317 g/mol. The molecule has 0 aromatic heterocycles. The van der Waals surface area contributed by atoms with E-state index in [1.165, 1.54) is 18.5 Å². The normalized spacial score (nSPS) is 19.4. The van der Waals surface area contributed by atoms with Gasteiger partial charge in [0.1, 0.15) is 5.76 Å². The molecule has 0 amide bonds. The molecule has 0 saturated carbocycles. The fourth-order valence-electron chi connectivity index (χ4n) is 2.97. The summed E-state index contributed by atoms with van der Waals surface area (Å²) in [5.74, 6) is 0.691.